The summed E-state index contributed by atoms with van der Waals surface area (Å²) in [6, 6.07) is 14.3. The molecule has 136 valence electrons. The molecule has 0 saturated heterocycles. The maximum atomic E-state index is 11.9. The van der Waals surface area contributed by atoms with Crippen molar-refractivity contribution >= 4 is 5.91 Å². The van der Waals surface area contributed by atoms with E-state index in [1.807, 2.05) is 50.4 Å². The maximum Gasteiger partial charge on any atom is 0.247 e. The van der Waals surface area contributed by atoms with Gasteiger partial charge < -0.3 is 15.6 Å². The zero-order valence-corrected chi connectivity index (χ0v) is 15.8. The van der Waals surface area contributed by atoms with Gasteiger partial charge in [-0.25, -0.2) is 0 Å². The molecule has 0 bridgehead atoms. The van der Waals surface area contributed by atoms with E-state index in [1.54, 1.807) is 19.1 Å². The lowest BCUT2D eigenvalue weighted by atomic mass is 10.2. The molecule has 1 aromatic carbocycles. The first-order chi connectivity index (χ1) is 12.2. The number of nitrogens with one attached hydrogen (secondary N) is 1. The Balaban J connectivity index is 0.00000134. The third-order valence-corrected chi connectivity index (χ3v) is 3.28. The molecule has 4 nitrogen and oxygen atoms in total. The molecule has 0 unspecified atom stereocenters. The van der Waals surface area contributed by atoms with Crippen molar-refractivity contribution in [2.75, 3.05) is 7.05 Å². The number of hydrogen-bond donors (Lipinski definition) is 2. The minimum atomic E-state index is -0.0673. The van der Waals surface area contributed by atoms with Crippen LogP contribution in [0.15, 0.2) is 73.0 Å². The molecule has 25 heavy (non-hydrogen) atoms. The largest absolute Gasteiger partial charge is 0.347 e. The molecule has 2 rings (SSSR count). The van der Waals surface area contributed by atoms with Crippen LogP contribution in [0.4, 0.5) is 0 Å². The number of rotatable bonds is 6. The van der Waals surface area contributed by atoms with E-state index in [9.17, 15) is 4.79 Å². The van der Waals surface area contributed by atoms with Gasteiger partial charge in [0.15, 0.2) is 0 Å². The lowest BCUT2D eigenvalue weighted by Gasteiger charge is -2.10. The molecule has 3 N–H and O–H groups in total. The Morgan fingerprint density at radius 1 is 1.16 bits per heavy atom. The van der Waals surface area contributed by atoms with Gasteiger partial charge in [-0.05, 0) is 31.7 Å². The molecule has 1 heterocycles. The number of nitrogens with two attached hydrogens (primary N) is 1. The zero-order chi connectivity index (χ0) is 19.1. The quantitative estimate of drug-likeness (QED) is 0.618. The number of aromatic nitrogens is 1. The Bertz CT molecular complexity index is 642. The summed E-state index contributed by atoms with van der Waals surface area (Å²) in [6.07, 6.45) is 5.35. The fourth-order valence-electron chi connectivity index (χ4n) is 2.11. The smallest absolute Gasteiger partial charge is 0.247 e. The van der Waals surface area contributed by atoms with E-state index in [1.165, 1.54) is 12.6 Å². The molecule has 1 amide bonds. The standard InChI is InChI=1S/C18H20N2O.C2H6.CH5N/c1-3-8-15(2)18(21)19-13-17-11-7-12-20(17)14-16-9-5-4-6-10-16;2*1-2/h3-12H,1,13-14H2,2H3,(H,19,21);1-2H3;2H2,1H3/b15-8+;;. The summed E-state index contributed by atoms with van der Waals surface area (Å²) in [5.74, 6) is -0.0673. The molecular weight excluding hydrogens is 310 g/mol. The van der Waals surface area contributed by atoms with Crippen LogP contribution in [0.1, 0.15) is 32.0 Å². The van der Waals surface area contributed by atoms with Crippen LogP contribution in [0.25, 0.3) is 0 Å². The van der Waals surface area contributed by atoms with Crippen LogP contribution >= 0.6 is 0 Å². The molecular formula is C21H31N3O. The second kappa shape index (κ2) is 13.8. The molecule has 4 heteroatoms. The van der Waals surface area contributed by atoms with E-state index in [2.05, 4.69) is 34.3 Å². The highest BCUT2D eigenvalue weighted by atomic mass is 16.1. The molecule has 0 spiro atoms. The third kappa shape index (κ3) is 8.18. The third-order valence-electron chi connectivity index (χ3n) is 3.28. The van der Waals surface area contributed by atoms with Crippen molar-refractivity contribution in [3.63, 3.8) is 0 Å². The molecule has 1 aromatic heterocycles. The van der Waals surface area contributed by atoms with Gasteiger partial charge in [0, 0.05) is 24.0 Å². The second-order valence-corrected chi connectivity index (χ2v) is 4.88. The van der Waals surface area contributed by atoms with Crippen molar-refractivity contribution < 1.29 is 4.79 Å². The molecule has 0 aliphatic rings. The fourth-order valence-corrected chi connectivity index (χ4v) is 2.11. The zero-order valence-electron chi connectivity index (χ0n) is 15.8. The summed E-state index contributed by atoms with van der Waals surface area (Å²) >= 11 is 0. The summed E-state index contributed by atoms with van der Waals surface area (Å²) in [4.78, 5) is 11.9. The topological polar surface area (TPSA) is 60.0 Å². The van der Waals surface area contributed by atoms with Crippen molar-refractivity contribution in [2.24, 2.45) is 5.73 Å². The van der Waals surface area contributed by atoms with E-state index in [0.29, 0.717) is 12.1 Å². The van der Waals surface area contributed by atoms with Gasteiger partial charge in [0.2, 0.25) is 5.91 Å². The van der Waals surface area contributed by atoms with E-state index in [0.717, 1.165) is 12.2 Å². The van der Waals surface area contributed by atoms with Crippen LogP contribution in [0.3, 0.4) is 0 Å². The number of amides is 1. The monoisotopic (exact) mass is 341 g/mol. The highest BCUT2D eigenvalue weighted by Crippen LogP contribution is 2.08. The summed E-state index contributed by atoms with van der Waals surface area (Å²) in [6.45, 7) is 10.7. The highest BCUT2D eigenvalue weighted by Gasteiger charge is 2.06. The van der Waals surface area contributed by atoms with Crippen LogP contribution in [-0.4, -0.2) is 17.5 Å². The first kappa shape index (κ1) is 22.4. The highest BCUT2D eigenvalue weighted by molar-refractivity contribution is 5.92. The van der Waals surface area contributed by atoms with Crippen LogP contribution in [0.2, 0.25) is 0 Å². The van der Waals surface area contributed by atoms with Gasteiger partial charge in [0.25, 0.3) is 0 Å². The summed E-state index contributed by atoms with van der Waals surface area (Å²) in [7, 11) is 1.50. The Morgan fingerprint density at radius 3 is 2.40 bits per heavy atom. The van der Waals surface area contributed by atoms with Crippen molar-refractivity contribution in [3.8, 4) is 0 Å². The van der Waals surface area contributed by atoms with Gasteiger partial charge >= 0.3 is 0 Å². The molecule has 0 atom stereocenters. The first-order valence-electron chi connectivity index (χ1n) is 8.54. The molecule has 0 aliphatic heterocycles. The minimum absolute atomic E-state index is 0.0673. The second-order valence-electron chi connectivity index (χ2n) is 4.88. The van der Waals surface area contributed by atoms with Gasteiger partial charge in [-0.15, -0.1) is 0 Å². The summed E-state index contributed by atoms with van der Waals surface area (Å²) in [5.41, 5.74) is 7.48. The van der Waals surface area contributed by atoms with Gasteiger partial charge in [0.05, 0.1) is 6.54 Å². The van der Waals surface area contributed by atoms with Crippen LogP contribution in [-0.2, 0) is 17.9 Å². The normalized spacial score (nSPS) is 9.88. The van der Waals surface area contributed by atoms with Crippen LogP contribution in [0.5, 0.6) is 0 Å². The average Bonchev–Trinajstić information content (AvgIpc) is 3.11. The Kier molecular flexibility index (Phi) is 12.4. The Hall–Kier alpha value is -2.59. The number of nitrogens with zero attached hydrogens (tertiary/aromatic N) is 1. The molecule has 0 saturated carbocycles. The van der Waals surface area contributed by atoms with Crippen LogP contribution < -0.4 is 11.1 Å². The van der Waals surface area contributed by atoms with Crippen molar-refractivity contribution in [1.82, 2.24) is 9.88 Å². The molecule has 0 radical (unpaired) electrons. The Morgan fingerprint density at radius 2 is 1.80 bits per heavy atom. The van der Waals surface area contributed by atoms with Crippen LogP contribution in [0, 0.1) is 0 Å². The van der Waals surface area contributed by atoms with Gasteiger partial charge in [-0.3, -0.25) is 4.79 Å². The van der Waals surface area contributed by atoms with E-state index in [-0.39, 0.29) is 5.91 Å². The lowest BCUT2D eigenvalue weighted by molar-refractivity contribution is -0.117. The Labute approximate surface area is 152 Å². The van der Waals surface area contributed by atoms with Gasteiger partial charge in [0.1, 0.15) is 0 Å². The summed E-state index contributed by atoms with van der Waals surface area (Å²) in [5, 5.41) is 2.92. The average molecular weight is 341 g/mol. The number of allylic oxidation sites excluding steroid dienone is 2. The van der Waals surface area contributed by atoms with Crippen molar-refractivity contribution in [3.05, 3.63) is 84.2 Å². The number of carbonyl (C=O) groups excluding carboxylic acids is 1. The van der Waals surface area contributed by atoms with Gasteiger partial charge in [-0.1, -0.05) is 62.9 Å². The van der Waals surface area contributed by atoms with E-state index >= 15 is 0 Å². The lowest BCUT2D eigenvalue weighted by Crippen LogP contribution is -2.24. The molecule has 2 aromatic rings. The molecule has 0 aliphatic carbocycles. The first-order valence-corrected chi connectivity index (χ1v) is 8.54. The molecule has 0 fully saturated rings. The minimum Gasteiger partial charge on any atom is -0.347 e. The SMILES string of the molecule is C=C/C=C(\C)C(=O)NCc1cccn1Cc1ccccc1.CC.CN. The number of benzene rings is 1. The van der Waals surface area contributed by atoms with Gasteiger partial charge in [-0.2, -0.15) is 0 Å². The van der Waals surface area contributed by atoms with Crippen molar-refractivity contribution in [2.45, 2.75) is 33.9 Å². The van der Waals surface area contributed by atoms with Crippen molar-refractivity contribution in [1.29, 1.82) is 0 Å². The number of hydrogen-bond acceptors (Lipinski definition) is 2. The summed E-state index contributed by atoms with van der Waals surface area (Å²) < 4.78 is 2.14. The van der Waals surface area contributed by atoms with E-state index in [4.69, 9.17) is 0 Å². The maximum absolute atomic E-state index is 11.9. The van der Waals surface area contributed by atoms with E-state index < -0.39 is 0 Å². The fraction of sp³-hybridized carbons (Fsp3) is 0.286. The number of carbonyl (C=O) groups is 1. The predicted molar refractivity (Wildman–Crippen MR) is 107 cm³/mol. The predicted octanol–water partition coefficient (Wildman–Crippen LogP) is 3.89.